The first-order valence-corrected chi connectivity index (χ1v) is 10.1. The SMILES string of the molecule is COC(Cc1ccccc1)CS(=O)(=O)NC(C)C(CO)SC. The van der Waals surface area contributed by atoms with Crippen LogP contribution in [0.25, 0.3) is 0 Å². The number of benzene rings is 1. The lowest BCUT2D eigenvalue weighted by atomic mass is 10.1. The van der Waals surface area contributed by atoms with Crippen molar-refractivity contribution >= 4 is 21.8 Å². The lowest BCUT2D eigenvalue weighted by Gasteiger charge is -2.23. The van der Waals surface area contributed by atoms with Crippen LogP contribution >= 0.6 is 11.8 Å². The van der Waals surface area contributed by atoms with Crippen LogP contribution in [0.5, 0.6) is 0 Å². The lowest BCUT2D eigenvalue weighted by molar-refractivity contribution is 0.120. The largest absolute Gasteiger partial charge is 0.395 e. The molecule has 3 unspecified atom stereocenters. The number of nitrogens with one attached hydrogen (secondary N) is 1. The molecule has 7 heteroatoms. The minimum atomic E-state index is -3.48. The Hall–Kier alpha value is -0.600. The summed E-state index contributed by atoms with van der Waals surface area (Å²) in [6.07, 6.45) is 1.98. The quantitative estimate of drug-likeness (QED) is 0.667. The molecule has 0 radical (unpaired) electrons. The Balaban J connectivity index is 2.64. The van der Waals surface area contributed by atoms with Crippen LogP contribution in [-0.4, -0.2) is 56.6 Å². The zero-order valence-electron chi connectivity index (χ0n) is 13.2. The summed E-state index contributed by atoms with van der Waals surface area (Å²) < 4.78 is 32.4. The van der Waals surface area contributed by atoms with Crippen molar-refractivity contribution in [2.24, 2.45) is 0 Å². The normalized spacial score (nSPS) is 16.2. The fourth-order valence-corrected chi connectivity index (χ4v) is 4.46. The highest BCUT2D eigenvalue weighted by molar-refractivity contribution is 7.99. The second kappa shape index (κ2) is 9.52. The van der Waals surface area contributed by atoms with Gasteiger partial charge in [0.05, 0.1) is 18.5 Å². The van der Waals surface area contributed by atoms with Gasteiger partial charge in [-0.15, -0.1) is 0 Å². The highest BCUT2D eigenvalue weighted by atomic mass is 32.2. The number of methoxy groups -OCH3 is 1. The molecule has 126 valence electrons. The fourth-order valence-electron chi connectivity index (χ4n) is 2.18. The van der Waals surface area contributed by atoms with Gasteiger partial charge in [0, 0.05) is 18.4 Å². The van der Waals surface area contributed by atoms with Crippen molar-refractivity contribution in [3.8, 4) is 0 Å². The van der Waals surface area contributed by atoms with Gasteiger partial charge in [-0.3, -0.25) is 0 Å². The topological polar surface area (TPSA) is 75.6 Å². The third kappa shape index (κ3) is 6.66. The van der Waals surface area contributed by atoms with Crippen molar-refractivity contribution in [2.75, 3.05) is 25.7 Å². The van der Waals surface area contributed by atoms with Gasteiger partial charge < -0.3 is 9.84 Å². The molecule has 5 nitrogen and oxygen atoms in total. The summed E-state index contributed by atoms with van der Waals surface area (Å²) in [7, 11) is -1.96. The summed E-state index contributed by atoms with van der Waals surface area (Å²) >= 11 is 1.44. The number of aliphatic hydroxyl groups is 1. The Morgan fingerprint density at radius 1 is 1.32 bits per heavy atom. The van der Waals surface area contributed by atoms with E-state index < -0.39 is 16.1 Å². The summed E-state index contributed by atoms with van der Waals surface area (Å²) in [6, 6.07) is 9.32. The van der Waals surface area contributed by atoms with E-state index in [0.29, 0.717) is 6.42 Å². The maximum absolute atomic E-state index is 12.3. The van der Waals surface area contributed by atoms with Crippen molar-refractivity contribution in [1.29, 1.82) is 0 Å². The average Bonchev–Trinajstić information content (AvgIpc) is 2.48. The first-order chi connectivity index (χ1) is 10.4. The molecule has 3 atom stereocenters. The molecule has 0 aromatic heterocycles. The third-order valence-electron chi connectivity index (χ3n) is 3.45. The van der Waals surface area contributed by atoms with E-state index in [2.05, 4.69) is 4.72 Å². The standard InChI is InChI=1S/C15H25NO4S2/c1-12(15(10-17)21-3)16-22(18,19)11-14(20-2)9-13-7-5-4-6-8-13/h4-8,12,14-17H,9-11H2,1-3H3. The van der Waals surface area contributed by atoms with E-state index in [-0.39, 0.29) is 23.7 Å². The Morgan fingerprint density at radius 3 is 2.45 bits per heavy atom. The maximum atomic E-state index is 12.3. The summed E-state index contributed by atoms with van der Waals surface area (Å²) in [4.78, 5) is 0. The molecule has 0 aliphatic heterocycles. The average molecular weight is 348 g/mol. The molecule has 1 aromatic carbocycles. The van der Waals surface area contributed by atoms with E-state index in [1.165, 1.54) is 18.9 Å². The predicted octanol–water partition coefficient (Wildman–Crippen LogP) is 1.28. The molecule has 22 heavy (non-hydrogen) atoms. The van der Waals surface area contributed by atoms with Gasteiger partial charge in [-0.05, 0) is 25.2 Å². The monoisotopic (exact) mass is 347 g/mol. The zero-order valence-corrected chi connectivity index (χ0v) is 14.9. The lowest BCUT2D eigenvalue weighted by Crippen LogP contribution is -2.44. The second-order valence-corrected chi connectivity index (χ2v) is 8.07. The molecule has 0 heterocycles. The number of hydrogen-bond donors (Lipinski definition) is 2. The summed E-state index contributed by atoms with van der Waals surface area (Å²) in [6.45, 7) is 1.69. The van der Waals surface area contributed by atoms with Gasteiger partial charge in [0.1, 0.15) is 0 Å². The van der Waals surface area contributed by atoms with Gasteiger partial charge in [-0.25, -0.2) is 13.1 Å². The summed E-state index contributed by atoms with van der Waals surface area (Å²) in [5.74, 6) is -0.102. The van der Waals surface area contributed by atoms with Crippen molar-refractivity contribution in [2.45, 2.75) is 30.7 Å². The van der Waals surface area contributed by atoms with Crippen molar-refractivity contribution in [3.63, 3.8) is 0 Å². The molecule has 0 aliphatic rings. The molecular weight excluding hydrogens is 322 g/mol. The van der Waals surface area contributed by atoms with E-state index in [1.54, 1.807) is 6.92 Å². The van der Waals surface area contributed by atoms with Crippen molar-refractivity contribution in [1.82, 2.24) is 4.72 Å². The van der Waals surface area contributed by atoms with Gasteiger partial charge in [-0.1, -0.05) is 30.3 Å². The molecule has 0 spiro atoms. The van der Waals surface area contributed by atoms with Crippen LogP contribution in [-0.2, 0) is 21.2 Å². The Bertz CT molecular complexity index is 518. The summed E-state index contributed by atoms with van der Waals surface area (Å²) in [5.41, 5.74) is 1.04. The Labute approximate surface area is 137 Å². The molecule has 0 amide bonds. The minimum absolute atomic E-state index is 0.0669. The second-order valence-electron chi connectivity index (χ2n) is 5.19. The van der Waals surface area contributed by atoms with E-state index in [1.807, 2.05) is 36.6 Å². The van der Waals surface area contributed by atoms with Gasteiger partial charge >= 0.3 is 0 Å². The molecule has 1 rings (SSSR count). The number of hydrogen-bond acceptors (Lipinski definition) is 5. The molecular formula is C15H25NO4S2. The van der Waals surface area contributed by atoms with Crippen LogP contribution < -0.4 is 4.72 Å². The predicted molar refractivity (Wildman–Crippen MR) is 91.7 cm³/mol. The van der Waals surface area contributed by atoms with E-state index in [4.69, 9.17) is 4.74 Å². The Morgan fingerprint density at radius 2 is 1.95 bits per heavy atom. The zero-order chi connectivity index (χ0) is 16.6. The van der Waals surface area contributed by atoms with Gasteiger partial charge in [0.15, 0.2) is 0 Å². The van der Waals surface area contributed by atoms with Crippen molar-refractivity contribution < 1.29 is 18.3 Å². The highest BCUT2D eigenvalue weighted by Gasteiger charge is 2.24. The first kappa shape index (κ1) is 19.4. The maximum Gasteiger partial charge on any atom is 0.214 e. The number of ether oxygens (including phenoxy) is 1. The van der Waals surface area contributed by atoms with E-state index in [0.717, 1.165) is 5.56 Å². The number of rotatable bonds is 10. The summed E-state index contributed by atoms with van der Waals surface area (Å²) in [5, 5.41) is 9.07. The van der Waals surface area contributed by atoms with Crippen LogP contribution in [0.3, 0.4) is 0 Å². The molecule has 0 aliphatic carbocycles. The fraction of sp³-hybridized carbons (Fsp3) is 0.600. The van der Waals surface area contributed by atoms with Crippen LogP contribution in [0, 0.1) is 0 Å². The Kier molecular flexibility index (Phi) is 8.41. The molecule has 2 N–H and O–H groups in total. The van der Waals surface area contributed by atoms with E-state index in [9.17, 15) is 13.5 Å². The number of thioether (sulfide) groups is 1. The number of sulfonamides is 1. The highest BCUT2D eigenvalue weighted by Crippen LogP contribution is 2.12. The number of aliphatic hydroxyl groups excluding tert-OH is 1. The van der Waals surface area contributed by atoms with Crippen LogP contribution in [0.15, 0.2) is 30.3 Å². The molecule has 0 bridgehead atoms. The van der Waals surface area contributed by atoms with Gasteiger partial charge in [0.2, 0.25) is 10.0 Å². The van der Waals surface area contributed by atoms with Crippen molar-refractivity contribution in [3.05, 3.63) is 35.9 Å². The smallest absolute Gasteiger partial charge is 0.214 e. The molecule has 1 aromatic rings. The van der Waals surface area contributed by atoms with Crippen LogP contribution in [0.1, 0.15) is 12.5 Å². The third-order valence-corrected chi connectivity index (χ3v) is 6.15. The van der Waals surface area contributed by atoms with Crippen LogP contribution in [0.4, 0.5) is 0 Å². The first-order valence-electron chi connectivity index (χ1n) is 7.12. The molecule has 0 saturated heterocycles. The van der Waals surface area contributed by atoms with Gasteiger partial charge in [-0.2, -0.15) is 11.8 Å². The molecule has 0 saturated carbocycles. The molecule has 0 fully saturated rings. The van der Waals surface area contributed by atoms with Gasteiger partial charge in [0.25, 0.3) is 0 Å². The van der Waals surface area contributed by atoms with Crippen LogP contribution in [0.2, 0.25) is 0 Å². The van der Waals surface area contributed by atoms with E-state index >= 15 is 0 Å². The minimum Gasteiger partial charge on any atom is -0.395 e.